The quantitative estimate of drug-likeness (QED) is 0.158. The molecule has 1 aliphatic heterocycles. The molecule has 10 nitrogen and oxygen atoms in total. The van der Waals surface area contributed by atoms with E-state index in [4.69, 9.17) is 21.1 Å². The van der Waals surface area contributed by atoms with Crippen LogP contribution in [0, 0.1) is 6.92 Å². The fraction of sp³-hybridized carbons (Fsp3) is 0.333. The molecule has 8 N–H and O–H groups in total. The molecule has 0 aromatic heterocycles. The van der Waals surface area contributed by atoms with Gasteiger partial charge in [0.2, 0.25) is 6.29 Å². The largest absolute Gasteiger partial charge is 0.462 e. The summed E-state index contributed by atoms with van der Waals surface area (Å²) in [6.07, 6.45) is -5.27. The van der Waals surface area contributed by atoms with Gasteiger partial charge in [0.1, 0.15) is 35.9 Å². The van der Waals surface area contributed by atoms with Crippen LogP contribution >= 0.6 is 0 Å². The van der Waals surface area contributed by atoms with Crippen molar-refractivity contribution in [3.8, 4) is 5.75 Å². The van der Waals surface area contributed by atoms with E-state index < -0.39 is 37.3 Å². The van der Waals surface area contributed by atoms with Crippen molar-refractivity contribution in [2.45, 2.75) is 37.6 Å². The van der Waals surface area contributed by atoms with Gasteiger partial charge in [0.25, 0.3) is 0 Å². The molecule has 1 heterocycles. The van der Waals surface area contributed by atoms with E-state index in [0.29, 0.717) is 34.0 Å². The molecule has 10 heteroatoms. The van der Waals surface area contributed by atoms with E-state index in [1.165, 1.54) is 6.21 Å². The van der Waals surface area contributed by atoms with Crippen molar-refractivity contribution >= 4 is 23.3 Å². The van der Waals surface area contributed by atoms with Gasteiger partial charge >= 0.3 is 0 Å². The summed E-state index contributed by atoms with van der Waals surface area (Å²) < 4.78 is 11.0. The lowest BCUT2D eigenvalue weighted by molar-refractivity contribution is -0.277. The average molecular weight is 430 g/mol. The van der Waals surface area contributed by atoms with Gasteiger partial charge in [-0.1, -0.05) is 18.2 Å². The number of benzene rings is 2. The highest BCUT2D eigenvalue weighted by Crippen LogP contribution is 2.28. The molecule has 166 valence electrons. The Morgan fingerprint density at radius 3 is 2.52 bits per heavy atom. The highest BCUT2D eigenvalue weighted by Gasteiger charge is 2.44. The van der Waals surface area contributed by atoms with Crippen LogP contribution in [-0.2, 0) is 4.74 Å². The Bertz CT molecular complexity index is 965. The molecule has 5 atom stereocenters. The van der Waals surface area contributed by atoms with E-state index >= 15 is 0 Å². The molecular formula is C21H26N4O6. The van der Waals surface area contributed by atoms with Crippen LogP contribution in [0.5, 0.6) is 5.75 Å². The first-order valence-corrected chi connectivity index (χ1v) is 9.60. The lowest BCUT2D eigenvalue weighted by Gasteiger charge is -2.39. The number of ether oxygens (including phenoxy) is 2. The molecule has 2 aromatic carbocycles. The number of anilines is 1. The first kappa shape index (κ1) is 22.7. The second-order valence-corrected chi connectivity index (χ2v) is 7.12. The maximum absolute atomic E-state index is 10.1. The highest BCUT2D eigenvalue weighted by atomic mass is 16.7. The molecule has 0 spiro atoms. The summed E-state index contributed by atoms with van der Waals surface area (Å²) in [5.41, 5.74) is 8.82. The monoisotopic (exact) mass is 430 g/mol. The van der Waals surface area contributed by atoms with E-state index in [9.17, 15) is 20.4 Å². The Labute approximate surface area is 179 Å². The zero-order valence-corrected chi connectivity index (χ0v) is 16.9. The molecule has 3 rings (SSSR count). The molecule has 31 heavy (non-hydrogen) atoms. The van der Waals surface area contributed by atoms with Gasteiger partial charge in [-0.3, -0.25) is 4.99 Å². The van der Waals surface area contributed by atoms with Gasteiger partial charge in [-0.25, -0.2) is 0 Å². The molecule has 1 aliphatic rings. The van der Waals surface area contributed by atoms with Gasteiger partial charge in [-0.05, 0) is 36.8 Å². The fourth-order valence-corrected chi connectivity index (χ4v) is 3.17. The molecule has 0 amide bonds. The minimum absolute atomic E-state index is 0.378. The van der Waals surface area contributed by atoms with Crippen LogP contribution in [0.1, 0.15) is 11.1 Å². The number of nitrogen functional groups attached to an aromatic ring is 1. The van der Waals surface area contributed by atoms with Gasteiger partial charge in [0.05, 0.1) is 18.5 Å². The van der Waals surface area contributed by atoms with E-state index in [2.05, 4.69) is 10.1 Å². The van der Waals surface area contributed by atoms with Crippen LogP contribution < -0.4 is 16.3 Å². The highest BCUT2D eigenvalue weighted by molar-refractivity contribution is 6.39. The van der Waals surface area contributed by atoms with Gasteiger partial charge in [-0.15, -0.1) is 0 Å². The van der Waals surface area contributed by atoms with Crippen LogP contribution in [0.25, 0.3) is 0 Å². The zero-order valence-electron chi connectivity index (χ0n) is 16.9. The third kappa shape index (κ3) is 5.01. The Balaban J connectivity index is 1.74. The lowest BCUT2D eigenvalue weighted by atomic mass is 9.99. The van der Waals surface area contributed by atoms with E-state index in [1.807, 2.05) is 12.1 Å². The summed E-state index contributed by atoms with van der Waals surface area (Å²) in [6, 6.07) is 12.2. The molecule has 2 aromatic rings. The van der Waals surface area contributed by atoms with Gasteiger partial charge < -0.3 is 41.5 Å². The Morgan fingerprint density at radius 2 is 1.87 bits per heavy atom. The zero-order chi connectivity index (χ0) is 22.5. The summed E-state index contributed by atoms with van der Waals surface area (Å²) in [4.78, 5) is 4.37. The SMILES string of the molecule is Cc1cc(N=CC(=NN)c2ccccc2N)ccc1OC1OC(CO)C(O)C(O)C1O. The van der Waals surface area contributed by atoms with Crippen molar-refractivity contribution in [1.29, 1.82) is 0 Å². The predicted molar refractivity (Wildman–Crippen MR) is 115 cm³/mol. The Morgan fingerprint density at radius 1 is 1.13 bits per heavy atom. The lowest BCUT2D eigenvalue weighted by Crippen LogP contribution is -2.60. The van der Waals surface area contributed by atoms with E-state index in [-0.39, 0.29) is 0 Å². The number of hydrazone groups is 1. The number of nitrogens with zero attached hydrogens (tertiary/aromatic N) is 2. The number of aryl methyl sites for hydroxylation is 1. The topological polar surface area (TPSA) is 176 Å². The minimum Gasteiger partial charge on any atom is -0.462 e. The fourth-order valence-electron chi connectivity index (χ4n) is 3.17. The number of hydrogen-bond donors (Lipinski definition) is 6. The van der Waals surface area contributed by atoms with Crippen molar-refractivity contribution in [2.75, 3.05) is 12.3 Å². The number of nitrogens with two attached hydrogens (primary N) is 2. The third-order valence-electron chi connectivity index (χ3n) is 4.96. The first-order valence-electron chi connectivity index (χ1n) is 9.60. The molecular weight excluding hydrogens is 404 g/mol. The number of aliphatic imine (C=N–C) groups is 1. The molecule has 1 fully saturated rings. The average Bonchev–Trinajstić information content (AvgIpc) is 2.77. The molecule has 1 saturated heterocycles. The summed E-state index contributed by atoms with van der Waals surface area (Å²) in [7, 11) is 0. The van der Waals surface area contributed by atoms with Gasteiger partial charge in [-0.2, -0.15) is 5.10 Å². The van der Waals surface area contributed by atoms with E-state index in [1.54, 1.807) is 37.3 Å². The molecule has 0 saturated carbocycles. The minimum atomic E-state index is -1.51. The smallest absolute Gasteiger partial charge is 0.229 e. The number of rotatable bonds is 6. The maximum atomic E-state index is 10.1. The van der Waals surface area contributed by atoms with Crippen molar-refractivity contribution in [1.82, 2.24) is 0 Å². The molecule has 0 aliphatic carbocycles. The maximum Gasteiger partial charge on any atom is 0.229 e. The second kappa shape index (κ2) is 9.86. The van der Waals surface area contributed by atoms with Gasteiger partial charge in [0, 0.05) is 11.3 Å². The van der Waals surface area contributed by atoms with Crippen molar-refractivity contribution in [3.05, 3.63) is 53.6 Å². The predicted octanol–water partition coefficient (Wildman–Crippen LogP) is -0.179. The van der Waals surface area contributed by atoms with Gasteiger partial charge in [0.15, 0.2) is 0 Å². The van der Waals surface area contributed by atoms with Crippen molar-refractivity contribution in [3.63, 3.8) is 0 Å². The standard InChI is InChI=1S/C21H26N4O6/c1-11-8-12(24-9-15(25-23)13-4-2-3-5-14(13)22)6-7-16(11)30-21-20(29)19(28)18(27)17(10-26)31-21/h2-9,17-21,26-29H,10,22-23H2,1H3. The van der Waals surface area contributed by atoms with Crippen LogP contribution in [0.2, 0.25) is 0 Å². The summed E-state index contributed by atoms with van der Waals surface area (Å²) in [5, 5.41) is 42.9. The number of aliphatic hydroxyl groups excluding tert-OH is 4. The second-order valence-electron chi connectivity index (χ2n) is 7.12. The van der Waals surface area contributed by atoms with Crippen molar-refractivity contribution in [2.24, 2.45) is 15.9 Å². The van der Waals surface area contributed by atoms with Crippen LogP contribution in [0.15, 0.2) is 52.6 Å². The van der Waals surface area contributed by atoms with Crippen LogP contribution in [-0.4, -0.2) is 69.7 Å². The Kier molecular flexibility index (Phi) is 7.21. The van der Waals surface area contributed by atoms with Crippen LogP contribution in [0.4, 0.5) is 11.4 Å². The van der Waals surface area contributed by atoms with Crippen LogP contribution in [0.3, 0.4) is 0 Å². The molecule has 0 bridgehead atoms. The number of para-hydroxylation sites is 1. The Hall–Kier alpha value is -3.02. The number of hydrogen-bond acceptors (Lipinski definition) is 10. The first-order chi connectivity index (χ1) is 14.8. The summed E-state index contributed by atoms with van der Waals surface area (Å²) >= 11 is 0. The molecule has 0 radical (unpaired) electrons. The summed E-state index contributed by atoms with van der Waals surface area (Å²) in [6.45, 7) is 1.24. The summed E-state index contributed by atoms with van der Waals surface area (Å²) in [5.74, 6) is 5.86. The van der Waals surface area contributed by atoms with E-state index in [0.717, 1.165) is 0 Å². The molecule has 5 unspecified atom stereocenters. The third-order valence-corrected chi connectivity index (χ3v) is 4.96. The number of aliphatic hydroxyl groups is 4. The normalized spacial score (nSPS) is 26.9. The van der Waals surface area contributed by atoms with Crippen molar-refractivity contribution < 1.29 is 29.9 Å².